The van der Waals surface area contributed by atoms with Crippen LogP contribution in [0.5, 0.6) is 5.88 Å². The van der Waals surface area contributed by atoms with Gasteiger partial charge in [0.25, 0.3) is 6.47 Å². The van der Waals surface area contributed by atoms with Crippen molar-refractivity contribution in [2.75, 3.05) is 40.0 Å². The molecule has 10 nitrogen and oxygen atoms in total. The molecule has 1 atom stereocenters. The molecule has 4 rings (SSSR count). The number of methoxy groups -OCH3 is 1. The first-order chi connectivity index (χ1) is 26.8. The zero-order chi connectivity index (χ0) is 41.9. The van der Waals surface area contributed by atoms with Gasteiger partial charge in [0.1, 0.15) is 23.1 Å². The summed E-state index contributed by atoms with van der Waals surface area (Å²) in [4.78, 5) is 27.4. The number of hydrogen-bond donors (Lipinski definition) is 2. The van der Waals surface area contributed by atoms with E-state index in [-0.39, 0.29) is 17.9 Å². The SMILES string of the molecule is C=C/C=C(\C=C(\F)CCC)c1cnc(OC)c(C)c1.CC/C=C(/N=C(C)N=C(C)N1CCCC1)c1ccc[nH]1.CCC(C)CCOC1(C(C)C)COC1.O=CO. The molecule has 0 aromatic carbocycles. The normalized spacial score (nSPS) is 16.4. The van der Waals surface area contributed by atoms with Crippen molar-refractivity contribution in [2.24, 2.45) is 21.8 Å². The highest BCUT2D eigenvalue weighted by Crippen LogP contribution is 2.31. The Hall–Kier alpha value is -4.35. The number of allylic oxidation sites excluding steroid dienone is 6. The van der Waals surface area contributed by atoms with Crippen LogP contribution in [0.25, 0.3) is 11.3 Å². The van der Waals surface area contributed by atoms with Crippen LogP contribution in [0.4, 0.5) is 4.39 Å². The number of rotatable bonds is 15. The summed E-state index contributed by atoms with van der Waals surface area (Å²) >= 11 is 0. The third-order valence-corrected chi connectivity index (χ3v) is 9.54. The third-order valence-electron chi connectivity index (χ3n) is 9.54. The maximum absolute atomic E-state index is 13.6. The summed E-state index contributed by atoms with van der Waals surface area (Å²) in [6, 6.07) is 5.95. The Morgan fingerprint density at radius 3 is 2.34 bits per heavy atom. The maximum atomic E-state index is 13.6. The topological polar surface area (TPSA) is 122 Å². The number of aryl methyl sites for hydroxylation is 1. The van der Waals surface area contributed by atoms with Crippen LogP contribution in [0.1, 0.15) is 117 Å². The Morgan fingerprint density at radius 2 is 1.86 bits per heavy atom. The second-order valence-corrected chi connectivity index (χ2v) is 14.3. The molecular weight excluding hydrogens is 710 g/mol. The number of H-pyrrole nitrogens is 1. The number of halogens is 1. The van der Waals surface area contributed by atoms with E-state index in [0.29, 0.717) is 18.2 Å². The number of carbonyl (C=O) groups is 1. The lowest BCUT2D eigenvalue weighted by Crippen LogP contribution is -2.56. The van der Waals surface area contributed by atoms with Gasteiger partial charge >= 0.3 is 0 Å². The third kappa shape index (κ3) is 18.1. The van der Waals surface area contributed by atoms with Gasteiger partial charge in [-0.2, -0.15) is 0 Å². The quantitative estimate of drug-likeness (QED) is 0.0799. The fourth-order valence-electron chi connectivity index (χ4n) is 5.77. The molecule has 0 aliphatic carbocycles. The lowest BCUT2D eigenvalue weighted by molar-refractivity contribution is -0.231. The summed E-state index contributed by atoms with van der Waals surface area (Å²) in [5.41, 5.74) is 4.57. The van der Waals surface area contributed by atoms with Gasteiger partial charge in [0.05, 0.1) is 31.7 Å². The van der Waals surface area contributed by atoms with E-state index in [1.165, 1.54) is 31.8 Å². The van der Waals surface area contributed by atoms with Gasteiger partial charge in [0, 0.05) is 43.2 Å². The van der Waals surface area contributed by atoms with E-state index in [4.69, 9.17) is 24.1 Å². The van der Waals surface area contributed by atoms with Gasteiger partial charge in [-0.05, 0) is 101 Å². The minimum absolute atomic E-state index is 0.0352. The second kappa shape index (κ2) is 28.1. The number of aromatic nitrogens is 2. The average molecular weight is 780 g/mol. The number of aromatic amines is 1. The van der Waals surface area contributed by atoms with Gasteiger partial charge in [-0.25, -0.2) is 19.4 Å². The Kier molecular flexibility index (Phi) is 24.9. The van der Waals surface area contributed by atoms with Crippen molar-refractivity contribution >= 4 is 29.4 Å². The number of amidine groups is 2. The van der Waals surface area contributed by atoms with Crippen LogP contribution in [0.15, 0.2) is 77.3 Å². The summed E-state index contributed by atoms with van der Waals surface area (Å²) in [5.74, 6) is 3.67. The first kappa shape index (κ1) is 49.7. The summed E-state index contributed by atoms with van der Waals surface area (Å²) in [6.07, 6.45) is 17.8. The molecular formula is C45H70FN5O5. The molecule has 11 heteroatoms. The number of nitrogens with one attached hydrogen (secondary N) is 1. The Morgan fingerprint density at radius 1 is 1.18 bits per heavy atom. The fraction of sp³-hybridized carbons (Fsp3) is 0.556. The molecule has 2 aliphatic rings. The summed E-state index contributed by atoms with van der Waals surface area (Å²) in [5, 5.41) is 6.89. The highest BCUT2D eigenvalue weighted by molar-refractivity contribution is 5.97. The van der Waals surface area contributed by atoms with E-state index >= 15 is 0 Å². The zero-order valence-electron chi connectivity index (χ0n) is 35.9. The Bertz CT molecular complexity index is 1570. The standard InChI is InChI=1S/C16H20FNO.C16H24N4.C12H24O2.CH2O2/c1-5-7-13(10-15(17)8-6-2)14-9-12(3)16(19-4)18-11-14;1-4-8-16(15-9-7-10-17-15)19-13(2)18-14(3)20-11-5-6-12-20;1-5-11(4)6-7-14-12(10(2)3)8-13-9-12;2-1-3/h5,7,9-11H,1,6,8H2,2-4H3;7-10,17H,4-6,11-12H2,1-3H3;10-11H,5-9H2,1-4H3;1H,(H,2,3)/b13-7+,15-10+;16-8+,18-14?,19-13?;;. The molecule has 2 N–H and O–H groups in total. The predicted octanol–water partition coefficient (Wildman–Crippen LogP) is 10.9. The van der Waals surface area contributed by atoms with Gasteiger partial charge in [0.15, 0.2) is 0 Å². The van der Waals surface area contributed by atoms with E-state index < -0.39 is 0 Å². The van der Waals surface area contributed by atoms with Gasteiger partial charge < -0.3 is 29.2 Å². The van der Waals surface area contributed by atoms with Crippen molar-refractivity contribution in [3.63, 3.8) is 0 Å². The minimum atomic E-state index is -0.250. The molecule has 0 amide bonds. The van der Waals surface area contributed by atoms with Crippen LogP contribution in [0.2, 0.25) is 0 Å². The molecule has 0 bridgehead atoms. The summed E-state index contributed by atoms with van der Waals surface area (Å²) in [7, 11) is 1.58. The van der Waals surface area contributed by atoms with Crippen molar-refractivity contribution in [3.8, 4) is 5.88 Å². The predicted molar refractivity (Wildman–Crippen MR) is 231 cm³/mol. The average Bonchev–Trinajstić information content (AvgIpc) is 3.89. The van der Waals surface area contributed by atoms with Crippen LogP contribution in [0.3, 0.4) is 0 Å². The molecule has 1 unspecified atom stereocenters. The van der Waals surface area contributed by atoms with Crippen molar-refractivity contribution in [1.82, 2.24) is 14.9 Å². The van der Waals surface area contributed by atoms with Gasteiger partial charge in [0.2, 0.25) is 5.88 Å². The molecule has 2 aromatic heterocycles. The van der Waals surface area contributed by atoms with Crippen molar-refractivity contribution in [3.05, 3.63) is 84.1 Å². The molecule has 0 spiro atoms. The van der Waals surface area contributed by atoms with Gasteiger partial charge in [-0.1, -0.05) is 72.8 Å². The van der Waals surface area contributed by atoms with Crippen LogP contribution in [0, 0.1) is 18.8 Å². The minimum Gasteiger partial charge on any atom is -0.483 e. The van der Waals surface area contributed by atoms with Crippen LogP contribution in [-0.4, -0.2) is 83.7 Å². The van der Waals surface area contributed by atoms with Crippen LogP contribution in [-0.2, 0) is 14.3 Å². The van der Waals surface area contributed by atoms with Gasteiger partial charge in [-0.15, -0.1) is 0 Å². The van der Waals surface area contributed by atoms with E-state index in [1.54, 1.807) is 25.5 Å². The van der Waals surface area contributed by atoms with E-state index in [0.717, 1.165) is 91.4 Å². The molecule has 312 valence electrons. The second-order valence-electron chi connectivity index (χ2n) is 14.3. The highest BCUT2D eigenvalue weighted by Gasteiger charge is 2.42. The Labute approximate surface area is 336 Å². The summed E-state index contributed by atoms with van der Waals surface area (Å²) in [6.45, 7) is 27.1. The highest BCUT2D eigenvalue weighted by atomic mass is 19.1. The number of ether oxygens (including phenoxy) is 3. The molecule has 56 heavy (non-hydrogen) atoms. The monoisotopic (exact) mass is 780 g/mol. The molecule has 4 heterocycles. The van der Waals surface area contributed by atoms with Crippen molar-refractivity contribution in [1.29, 1.82) is 0 Å². The first-order valence-electron chi connectivity index (χ1n) is 20.0. The lowest BCUT2D eigenvalue weighted by atomic mass is 9.88. The van der Waals surface area contributed by atoms with E-state index in [1.807, 2.05) is 45.2 Å². The summed E-state index contributed by atoms with van der Waals surface area (Å²) < 4.78 is 30.0. The first-order valence-corrected chi connectivity index (χ1v) is 20.0. The van der Waals surface area contributed by atoms with Crippen LogP contribution < -0.4 is 4.74 Å². The van der Waals surface area contributed by atoms with Gasteiger partial charge in [-0.3, -0.25) is 4.79 Å². The smallest absolute Gasteiger partial charge is 0.290 e. The number of likely N-dealkylation sites (tertiary alicyclic amines) is 1. The lowest BCUT2D eigenvalue weighted by Gasteiger charge is -2.44. The Balaban J connectivity index is 0.000000411. The molecule has 2 aliphatic heterocycles. The number of carboxylic acid groups (broad SMARTS) is 1. The largest absolute Gasteiger partial charge is 0.483 e. The van der Waals surface area contributed by atoms with Crippen molar-refractivity contribution in [2.45, 2.75) is 113 Å². The van der Waals surface area contributed by atoms with E-state index in [2.05, 4.69) is 79.1 Å². The number of aliphatic imine (C=N–C) groups is 2. The fourth-order valence-corrected chi connectivity index (χ4v) is 5.77. The molecule has 0 saturated carbocycles. The van der Waals surface area contributed by atoms with Crippen molar-refractivity contribution < 1.29 is 28.5 Å². The molecule has 2 saturated heterocycles. The molecule has 2 aromatic rings. The zero-order valence-corrected chi connectivity index (χ0v) is 35.9. The number of nitrogens with zero attached hydrogens (tertiary/aromatic N) is 4. The van der Waals surface area contributed by atoms with E-state index in [9.17, 15) is 4.39 Å². The van der Waals surface area contributed by atoms with Crippen LogP contribution >= 0.6 is 0 Å². The number of pyridine rings is 1. The molecule has 0 radical (unpaired) electrons. The maximum Gasteiger partial charge on any atom is 0.290 e. The number of hydrogen-bond acceptors (Lipinski definition) is 6. The molecule has 2 fully saturated rings.